The molecule has 3 aromatic carbocycles. The van der Waals surface area contributed by atoms with Gasteiger partial charge < -0.3 is 14.2 Å². The van der Waals surface area contributed by atoms with Crippen molar-refractivity contribution in [1.82, 2.24) is 0 Å². The van der Waals surface area contributed by atoms with Gasteiger partial charge in [0.15, 0.2) is 0 Å². The fourth-order valence-corrected chi connectivity index (χ4v) is 6.72. The lowest BCUT2D eigenvalue weighted by Crippen LogP contribution is -2.53. The summed E-state index contributed by atoms with van der Waals surface area (Å²) in [6.07, 6.45) is 0.780. The summed E-state index contributed by atoms with van der Waals surface area (Å²) in [5.74, 6) is 1.61. The maximum absolute atomic E-state index is 12.4. The van der Waals surface area contributed by atoms with Crippen LogP contribution in [0, 0.1) is 5.92 Å². The molecule has 5 nitrogen and oxygen atoms in total. The van der Waals surface area contributed by atoms with Crippen molar-refractivity contribution in [3.63, 3.8) is 0 Å². The molecule has 1 aliphatic heterocycles. The van der Waals surface area contributed by atoms with Crippen LogP contribution < -0.4 is 15.1 Å². The Morgan fingerprint density at radius 1 is 1.15 bits per heavy atom. The van der Waals surface area contributed by atoms with Crippen molar-refractivity contribution in [2.45, 2.75) is 33.0 Å². The zero-order valence-electron chi connectivity index (χ0n) is 20.2. The molecule has 34 heavy (non-hydrogen) atoms. The molecule has 0 fully saturated rings. The third-order valence-electron chi connectivity index (χ3n) is 6.31. The Kier molecular flexibility index (Phi) is 6.89. The summed E-state index contributed by atoms with van der Waals surface area (Å²) in [7, 11) is -2.18. The molecule has 1 atom stereocenters. The standard InChI is InChI=1S/C28H31NO4Si/c1-6-14-31-28(30)33-25-16-22-15-21(27-29-24(18-32-27)19(2)3)13-12-20(22)17-26(25)34(4,5)23-10-8-7-9-11-23/h6-13,15-17,19,24H,1,14,18H2,2-5H3/t24-/m1/s1. The number of ether oxygens (including phenoxy) is 3. The molecule has 0 unspecified atom stereocenters. The smallest absolute Gasteiger partial charge is 0.475 e. The van der Waals surface area contributed by atoms with E-state index in [1.807, 2.05) is 36.4 Å². The quantitative estimate of drug-likeness (QED) is 0.206. The Bertz CT molecular complexity index is 1230. The minimum Gasteiger partial charge on any atom is -0.475 e. The van der Waals surface area contributed by atoms with Gasteiger partial charge in [0.25, 0.3) is 0 Å². The van der Waals surface area contributed by atoms with Crippen molar-refractivity contribution in [2.24, 2.45) is 10.9 Å². The van der Waals surface area contributed by atoms with Gasteiger partial charge >= 0.3 is 6.16 Å². The number of benzene rings is 3. The lowest BCUT2D eigenvalue weighted by molar-refractivity contribution is 0.110. The summed E-state index contributed by atoms with van der Waals surface area (Å²) in [6.45, 7) is 13.1. The SMILES string of the molecule is C=CCOC(=O)Oc1cc2cc(C3=N[C@@H](C(C)C)CO3)ccc2cc1[Si](C)(C)c1ccccc1. The van der Waals surface area contributed by atoms with Gasteiger partial charge in [-0.1, -0.05) is 87.2 Å². The highest BCUT2D eigenvalue weighted by molar-refractivity contribution is 7.01. The second kappa shape index (κ2) is 9.85. The Balaban J connectivity index is 1.79. The van der Waals surface area contributed by atoms with E-state index >= 15 is 0 Å². The second-order valence-electron chi connectivity index (χ2n) is 9.41. The maximum atomic E-state index is 12.4. The average Bonchev–Trinajstić information content (AvgIpc) is 3.33. The molecule has 3 aromatic rings. The van der Waals surface area contributed by atoms with Gasteiger partial charge in [-0.05, 0) is 40.1 Å². The van der Waals surface area contributed by atoms with Crippen molar-refractivity contribution < 1.29 is 19.0 Å². The van der Waals surface area contributed by atoms with Crippen LogP contribution in [-0.4, -0.2) is 39.4 Å². The fraction of sp³-hybridized carbons (Fsp3) is 0.286. The largest absolute Gasteiger partial charge is 0.514 e. The summed E-state index contributed by atoms with van der Waals surface area (Å²) in [5, 5.41) is 4.30. The number of aliphatic imine (C=N–C) groups is 1. The lowest BCUT2D eigenvalue weighted by atomic mass is 10.1. The topological polar surface area (TPSA) is 57.1 Å². The fourth-order valence-electron chi connectivity index (χ4n) is 4.13. The average molecular weight is 474 g/mol. The van der Waals surface area contributed by atoms with Gasteiger partial charge in [-0.25, -0.2) is 9.79 Å². The first-order valence-electron chi connectivity index (χ1n) is 11.6. The van der Waals surface area contributed by atoms with E-state index in [2.05, 4.69) is 57.8 Å². The van der Waals surface area contributed by atoms with Gasteiger partial charge in [0.1, 0.15) is 27.0 Å². The molecular formula is C28H31NO4Si. The molecule has 0 N–H and O–H groups in total. The summed E-state index contributed by atoms with van der Waals surface area (Å²) in [4.78, 5) is 17.1. The molecule has 0 saturated carbocycles. The van der Waals surface area contributed by atoms with Crippen molar-refractivity contribution >= 4 is 41.3 Å². The molecule has 0 aromatic heterocycles. The van der Waals surface area contributed by atoms with E-state index in [1.54, 1.807) is 0 Å². The van der Waals surface area contributed by atoms with Crippen molar-refractivity contribution in [3.8, 4) is 5.75 Å². The van der Waals surface area contributed by atoms with Crippen LogP contribution in [0.4, 0.5) is 4.79 Å². The van der Waals surface area contributed by atoms with Crippen molar-refractivity contribution in [3.05, 3.63) is 78.9 Å². The molecule has 0 saturated heterocycles. The zero-order chi connectivity index (χ0) is 24.3. The van der Waals surface area contributed by atoms with Crippen LogP contribution in [0.5, 0.6) is 5.75 Å². The monoisotopic (exact) mass is 473 g/mol. The van der Waals surface area contributed by atoms with E-state index in [0.29, 0.717) is 24.2 Å². The van der Waals surface area contributed by atoms with Gasteiger partial charge in [0, 0.05) is 5.56 Å². The van der Waals surface area contributed by atoms with Gasteiger partial charge in [-0.15, -0.1) is 0 Å². The van der Waals surface area contributed by atoms with Crippen LogP contribution in [0.2, 0.25) is 13.1 Å². The Morgan fingerprint density at radius 3 is 2.59 bits per heavy atom. The minimum atomic E-state index is -2.18. The van der Waals surface area contributed by atoms with E-state index in [1.165, 1.54) is 11.3 Å². The van der Waals surface area contributed by atoms with Crippen LogP contribution in [0.1, 0.15) is 19.4 Å². The maximum Gasteiger partial charge on any atom is 0.514 e. The number of fused-ring (bicyclic) bond motifs is 1. The number of nitrogens with zero attached hydrogens (tertiary/aromatic N) is 1. The first-order chi connectivity index (χ1) is 16.3. The summed E-state index contributed by atoms with van der Waals surface area (Å²) in [6, 6.07) is 20.8. The number of carbonyl (C=O) groups is 1. The number of carbonyl (C=O) groups excluding carboxylic acids is 1. The van der Waals surface area contributed by atoms with E-state index in [-0.39, 0.29) is 12.6 Å². The summed E-state index contributed by atoms with van der Waals surface area (Å²) in [5.41, 5.74) is 0.920. The molecule has 0 bridgehead atoms. The predicted octanol–water partition coefficient (Wildman–Crippen LogP) is 5.17. The van der Waals surface area contributed by atoms with Gasteiger partial charge in [-0.3, -0.25) is 0 Å². The molecule has 0 amide bonds. The first kappa shape index (κ1) is 23.8. The molecule has 0 aliphatic carbocycles. The number of rotatable bonds is 7. The van der Waals surface area contributed by atoms with Crippen LogP contribution in [0.3, 0.4) is 0 Å². The highest BCUT2D eigenvalue weighted by Gasteiger charge is 2.31. The van der Waals surface area contributed by atoms with Crippen molar-refractivity contribution in [1.29, 1.82) is 0 Å². The molecule has 1 aliphatic rings. The predicted molar refractivity (Wildman–Crippen MR) is 140 cm³/mol. The molecule has 1 heterocycles. The third-order valence-corrected chi connectivity index (χ3v) is 9.82. The first-order valence-corrected chi connectivity index (χ1v) is 14.6. The van der Waals surface area contributed by atoms with Crippen LogP contribution in [0.25, 0.3) is 10.8 Å². The van der Waals surface area contributed by atoms with Crippen molar-refractivity contribution in [2.75, 3.05) is 13.2 Å². The van der Waals surface area contributed by atoms with Crippen LogP contribution >= 0.6 is 0 Å². The number of hydrogen-bond donors (Lipinski definition) is 0. The minimum absolute atomic E-state index is 0.0968. The van der Waals surface area contributed by atoms with Crippen LogP contribution in [0.15, 0.2) is 78.3 Å². The molecule has 4 rings (SSSR count). The number of hydrogen-bond acceptors (Lipinski definition) is 5. The Labute approximate surface area is 202 Å². The molecule has 0 spiro atoms. The van der Waals surface area contributed by atoms with Gasteiger partial charge in [0.05, 0.1) is 6.04 Å². The van der Waals surface area contributed by atoms with E-state index in [4.69, 9.17) is 19.2 Å². The molecule has 0 radical (unpaired) electrons. The summed E-state index contributed by atoms with van der Waals surface area (Å²) >= 11 is 0. The zero-order valence-corrected chi connectivity index (χ0v) is 21.2. The van der Waals surface area contributed by atoms with E-state index in [9.17, 15) is 4.79 Å². The molecular weight excluding hydrogens is 442 g/mol. The lowest BCUT2D eigenvalue weighted by Gasteiger charge is -2.26. The van der Waals surface area contributed by atoms with Gasteiger partial charge in [-0.2, -0.15) is 0 Å². The highest BCUT2D eigenvalue weighted by atomic mass is 28.3. The van der Waals surface area contributed by atoms with E-state index in [0.717, 1.165) is 21.5 Å². The second-order valence-corrected chi connectivity index (χ2v) is 13.8. The Morgan fingerprint density at radius 2 is 1.91 bits per heavy atom. The normalized spacial score (nSPS) is 15.7. The molecule has 176 valence electrons. The highest BCUT2D eigenvalue weighted by Crippen LogP contribution is 2.26. The van der Waals surface area contributed by atoms with Gasteiger partial charge in [0.2, 0.25) is 5.90 Å². The Hall–Kier alpha value is -3.38. The van der Waals surface area contributed by atoms with E-state index < -0.39 is 14.2 Å². The summed E-state index contributed by atoms with van der Waals surface area (Å²) < 4.78 is 16.7. The molecule has 6 heteroatoms. The third kappa shape index (κ3) is 4.92. The van der Waals surface area contributed by atoms with Crippen LogP contribution in [-0.2, 0) is 9.47 Å².